The summed E-state index contributed by atoms with van der Waals surface area (Å²) in [5.74, 6) is -0.332. The van der Waals surface area contributed by atoms with Crippen LogP contribution in [0.3, 0.4) is 0 Å². The average Bonchev–Trinajstić information content (AvgIpc) is 2.47. The number of benzene rings is 2. The van der Waals surface area contributed by atoms with Crippen LogP contribution >= 0.6 is 15.9 Å². The molecular weight excluding hydrogens is 365 g/mol. The standard InChI is InChI=1S/C17H19BrFNOS/c1-17(2,3)22(21)20-16(12-7-5-4-6-8-12)13-9-10-14(18)15(19)11-13/h4-11,16,20H,1-3H3/t16-,22+/m0/s1. The van der Waals surface area contributed by atoms with E-state index in [2.05, 4.69) is 20.7 Å². The SMILES string of the molecule is CC(C)(C)[S@@+]([O-])N[C@@H](c1ccccc1)c1ccc(Br)c(F)c1. The Hall–Kier alpha value is -0.880. The summed E-state index contributed by atoms with van der Waals surface area (Å²) >= 11 is 1.90. The zero-order valence-corrected chi connectivity index (χ0v) is 15.2. The third kappa shape index (κ3) is 4.32. The molecule has 2 aromatic carbocycles. The minimum absolute atomic E-state index is 0.330. The molecule has 2 nitrogen and oxygen atoms in total. The molecule has 118 valence electrons. The number of rotatable bonds is 4. The normalized spacial score (nSPS) is 14.6. The highest BCUT2D eigenvalue weighted by Crippen LogP contribution is 2.28. The zero-order chi connectivity index (χ0) is 16.3. The second-order valence-corrected chi connectivity index (χ2v) is 8.87. The van der Waals surface area contributed by atoms with Crippen molar-refractivity contribution in [3.05, 3.63) is 69.9 Å². The van der Waals surface area contributed by atoms with Crippen LogP contribution in [0.5, 0.6) is 0 Å². The number of nitrogens with one attached hydrogen (secondary N) is 1. The summed E-state index contributed by atoms with van der Waals surface area (Å²) in [5.41, 5.74) is 1.69. The summed E-state index contributed by atoms with van der Waals surface area (Å²) in [6.07, 6.45) is 0. The number of hydrogen-bond acceptors (Lipinski definition) is 2. The van der Waals surface area contributed by atoms with E-state index in [1.807, 2.05) is 57.2 Å². The molecule has 0 saturated heterocycles. The minimum atomic E-state index is -1.26. The molecule has 22 heavy (non-hydrogen) atoms. The van der Waals surface area contributed by atoms with Crippen LogP contribution in [0, 0.1) is 5.82 Å². The summed E-state index contributed by atoms with van der Waals surface area (Å²) in [4.78, 5) is 0. The van der Waals surface area contributed by atoms with Crippen molar-refractivity contribution in [1.82, 2.24) is 4.72 Å². The topological polar surface area (TPSA) is 35.1 Å². The van der Waals surface area contributed by atoms with E-state index >= 15 is 0 Å². The molecule has 0 aromatic heterocycles. The Bertz CT molecular complexity index is 630. The van der Waals surface area contributed by atoms with Crippen LogP contribution in [-0.2, 0) is 11.4 Å². The molecule has 0 fully saturated rings. The van der Waals surface area contributed by atoms with E-state index in [1.54, 1.807) is 6.07 Å². The van der Waals surface area contributed by atoms with Gasteiger partial charge in [0.2, 0.25) is 0 Å². The molecule has 0 saturated carbocycles. The molecular formula is C17H19BrFNOS. The Morgan fingerprint density at radius 1 is 1.09 bits per heavy atom. The van der Waals surface area contributed by atoms with E-state index in [4.69, 9.17) is 0 Å². The fourth-order valence-corrected chi connectivity index (χ4v) is 3.04. The van der Waals surface area contributed by atoms with Gasteiger partial charge in [-0.15, -0.1) is 4.72 Å². The molecule has 0 radical (unpaired) electrons. The lowest BCUT2D eigenvalue weighted by Gasteiger charge is -2.28. The second kappa shape index (κ2) is 7.13. The highest BCUT2D eigenvalue weighted by molar-refractivity contribution is 9.10. The zero-order valence-electron chi connectivity index (χ0n) is 12.8. The third-order valence-corrected chi connectivity index (χ3v) is 5.40. The first-order chi connectivity index (χ1) is 10.3. The Kier molecular flexibility index (Phi) is 5.66. The molecule has 0 heterocycles. The van der Waals surface area contributed by atoms with Crippen molar-refractivity contribution in [3.63, 3.8) is 0 Å². The fourth-order valence-electron chi connectivity index (χ4n) is 1.95. The van der Waals surface area contributed by atoms with Gasteiger partial charge >= 0.3 is 0 Å². The molecule has 5 heteroatoms. The van der Waals surface area contributed by atoms with Crippen LogP contribution < -0.4 is 4.72 Å². The van der Waals surface area contributed by atoms with E-state index in [0.29, 0.717) is 4.47 Å². The first-order valence-electron chi connectivity index (χ1n) is 6.97. The van der Waals surface area contributed by atoms with Gasteiger partial charge in [-0.3, -0.25) is 0 Å². The van der Waals surface area contributed by atoms with Crippen LogP contribution in [0.25, 0.3) is 0 Å². The van der Waals surface area contributed by atoms with Crippen LogP contribution in [0.4, 0.5) is 4.39 Å². The molecule has 0 amide bonds. The molecule has 0 aliphatic carbocycles. The van der Waals surface area contributed by atoms with E-state index in [-0.39, 0.29) is 11.9 Å². The van der Waals surface area contributed by atoms with Crippen LogP contribution in [0.2, 0.25) is 0 Å². The Balaban J connectivity index is 2.39. The van der Waals surface area contributed by atoms with Crippen molar-refractivity contribution in [2.24, 2.45) is 0 Å². The summed E-state index contributed by atoms with van der Waals surface area (Å²) in [6.45, 7) is 5.71. The van der Waals surface area contributed by atoms with Crippen molar-refractivity contribution in [2.45, 2.75) is 31.6 Å². The maximum atomic E-state index is 13.9. The van der Waals surface area contributed by atoms with Crippen molar-refractivity contribution in [3.8, 4) is 0 Å². The average molecular weight is 384 g/mol. The maximum absolute atomic E-state index is 13.9. The predicted molar refractivity (Wildman–Crippen MR) is 93.4 cm³/mol. The van der Waals surface area contributed by atoms with Crippen molar-refractivity contribution in [1.29, 1.82) is 0 Å². The molecule has 0 bridgehead atoms. The lowest BCUT2D eigenvalue weighted by atomic mass is 10.00. The first kappa shape index (κ1) is 17.5. The molecule has 2 rings (SSSR count). The van der Waals surface area contributed by atoms with Crippen LogP contribution in [-0.4, -0.2) is 9.30 Å². The Morgan fingerprint density at radius 2 is 1.73 bits per heavy atom. The van der Waals surface area contributed by atoms with Crippen molar-refractivity contribution < 1.29 is 8.94 Å². The van der Waals surface area contributed by atoms with Gasteiger partial charge in [0.25, 0.3) is 0 Å². The van der Waals surface area contributed by atoms with Gasteiger partial charge in [-0.2, -0.15) is 0 Å². The van der Waals surface area contributed by atoms with Gasteiger partial charge in [0.15, 0.2) is 0 Å². The van der Waals surface area contributed by atoms with E-state index in [1.165, 1.54) is 6.07 Å². The molecule has 2 aromatic rings. The lowest BCUT2D eigenvalue weighted by molar-refractivity contribution is 0.535. The second-order valence-electron chi connectivity index (χ2n) is 6.02. The smallest absolute Gasteiger partial charge is 0.137 e. The van der Waals surface area contributed by atoms with Gasteiger partial charge < -0.3 is 4.55 Å². The highest BCUT2D eigenvalue weighted by atomic mass is 79.9. The number of halogens is 2. The van der Waals surface area contributed by atoms with Gasteiger partial charge in [-0.1, -0.05) is 36.4 Å². The fraction of sp³-hybridized carbons (Fsp3) is 0.294. The van der Waals surface area contributed by atoms with Crippen LogP contribution in [0.1, 0.15) is 37.9 Å². The van der Waals surface area contributed by atoms with Gasteiger partial charge in [0.05, 0.1) is 4.47 Å². The van der Waals surface area contributed by atoms with Gasteiger partial charge in [0.1, 0.15) is 16.6 Å². The third-order valence-electron chi connectivity index (χ3n) is 3.19. The summed E-state index contributed by atoms with van der Waals surface area (Å²) in [5, 5.41) is 0. The van der Waals surface area contributed by atoms with E-state index < -0.39 is 16.1 Å². The summed E-state index contributed by atoms with van der Waals surface area (Å²) < 4.78 is 29.5. The van der Waals surface area contributed by atoms with E-state index in [9.17, 15) is 8.94 Å². The predicted octanol–water partition coefficient (Wildman–Crippen LogP) is 4.73. The highest BCUT2D eigenvalue weighted by Gasteiger charge is 2.30. The van der Waals surface area contributed by atoms with Crippen LogP contribution in [0.15, 0.2) is 53.0 Å². The largest absolute Gasteiger partial charge is 0.598 e. The summed E-state index contributed by atoms with van der Waals surface area (Å²) in [6, 6.07) is 14.3. The molecule has 0 unspecified atom stereocenters. The monoisotopic (exact) mass is 383 g/mol. The van der Waals surface area contributed by atoms with E-state index in [0.717, 1.165) is 11.1 Å². The summed E-state index contributed by atoms with van der Waals surface area (Å²) in [7, 11) is 0. The van der Waals surface area contributed by atoms with Gasteiger partial charge in [-0.05, 0) is 60.0 Å². The molecule has 0 aliphatic heterocycles. The minimum Gasteiger partial charge on any atom is -0.598 e. The Morgan fingerprint density at radius 3 is 2.27 bits per heavy atom. The molecule has 0 aliphatic rings. The Labute approximate surface area is 142 Å². The van der Waals surface area contributed by atoms with Crippen molar-refractivity contribution >= 4 is 27.3 Å². The first-order valence-corrected chi connectivity index (χ1v) is 8.91. The molecule has 1 N–H and O–H groups in total. The number of hydrogen-bond donors (Lipinski definition) is 1. The van der Waals surface area contributed by atoms with Crippen molar-refractivity contribution in [2.75, 3.05) is 0 Å². The molecule has 0 spiro atoms. The quantitative estimate of drug-likeness (QED) is 0.774. The lowest BCUT2D eigenvalue weighted by Crippen LogP contribution is -2.41. The van der Waals surface area contributed by atoms with Gasteiger partial charge in [0, 0.05) is 11.4 Å². The van der Waals surface area contributed by atoms with Gasteiger partial charge in [-0.25, -0.2) is 4.39 Å². The maximum Gasteiger partial charge on any atom is 0.137 e. The molecule has 2 atom stereocenters.